The molecule has 1 N–H and O–H groups in total. The van der Waals surface area contributed by atoms with Gasteiger partial charge in [-0.15, -0.1) is 0 Å². The van der Waals surface area contributed by atoms with Crippen LogP contribution in [0.4, 0.5) is 0 Å². The Balaban J connectivity index is 1.14. The summed E-state index contributed by atoms with van der Waals surface area (Å²) in [5.41, 5.74) is 1.14. The van der Waals surface area contributed by atoms with E-state index in [-0.39, 0.29) is 31.2 Å². The van der Waals surface area contributed by atoms with Gasteiger partial charge in [-0.2, -0.15) is 0 Å². The highest BCUT2D eigenvalue weighted by atomic mass is 16.7. The second-order valence-electron chi connectivity index (χ2n) is 7.94. The minimum atomic E-state index is -0.440. The number of piperidine rings is 1. The highest BCUT2D eigenvalue weighted by Gasteiger charge is 2.37. The fraction of sp³-hybridized carbons (Fsp3) is 0.304. The van der Waals surface area contributed by atoms with E-state index in [1.165, 1.54) is 0 Å². The van der Waals surface area contributed by atoms with Crippen molar-refractivity contribution in [2.75, 3.05) is 26.4 Å². The number of nitrogens with one attached hydrogen (secondary N) is 1. The van der Waals surface area contributed by atoms with Crippen molar-refractivity contribution in [3.05, 3.63) is 59.2 Å². The van der Waals surface area contributed by atoms with E-state index >= 15 is 0 Å². The summed E-state index contributed by atoms with van der Waals surface area (Å²) in [5, 5.41) is 2.99. The van der Waals surface area contributed by atoms with Crippen molar-refractivity contribution >= 4 is 23.6 Å². The van der Waals surface area contributed by atoms with E-state index in [1.807, 2.05) is 0 Å². The summed E-state index contributed by atoms with van der Waals surface area (Å²) in [7, 11) is 0. The summed E-state index contributed by atoms with van der Waals surface area (Å²) in [6.45, 7) is 0.746. The predicted molar refractivity (Wildman–Crippen MR) is 111 cm³/mol. The van der Waals surface area contributed by atoms with Gasteiger partial charge in [-0.1, -0.05) is 12.1 Å². The molecule has 0 bridgehead atoms. The fourth-order valence-electron chi connectivity index (χ4n) is 4.20. The van der Waals surface area contributed by atoms with Crippen LogP contribution in [0.1, 0.15) is 43.9 Å². The summed E-state index contributed by atoms with van der Waals surface area (Å²) in [6, 6.07) is 11.5. The molecule has 0 saturated carbocycles. The Morgan fingerprint density at radius 3 is 2.28 bits per heavy atom. The van der Waals surface area contributed by atoms with Crippen LogP contribution in [0.2, 0.25) is 0 Å². The maximum absolute atomic E-state index is 12.7. The van der Waals surface area contributed by atoms with E-state index in [0.717, 1.165) is 4.90 Å². The van der Waals surface area contributed by atoms with Crippen molar-refractivity contribution in [2.24, 2.45) is 0 Å². The number of hydrogen-bond acceptors (Lipinski definition) is 6. The summed E-state index contributed by atoms with van der Waals surface area (Å²) < 4.78 is 10.6. The number of fused-ring (bicyclic) bond motifs is 2. The molecule has 3 heterocycles. The molecule has 3 aliphatic rings. The fourth-order valence-corrected chi connectivity index (χ4v) is 4.20. The SMILES string of the molecule is O=C(NC1CCN(C(=O)CN2C(=O)c3ccccc3C2=O)CC1)c1ccc2c(c1)OCO2. The van der Waals surface area contributed by atoms with Gasteiger partial charge in [-0.25, -0.2) is 0 Å². The molecule has 0 unspecified atom stereocenters. The lowest BCUT2D eigenvalue weighted by molar-refractivity contribution is -0.132. The molecule has 2 aromatic rings. The predicted octanol–water partition coefficient (Wildman–Crippen LogP) is 1.43. The molecule has 1 saturated heterocycles. The highest BCUT2D eigenvalue weighted by molar-refractivity contribution is 6.22. The minimum Gasteiger partial charge on any atom is -0.454 e. The number of ether oxygens (including phenoxy) is 2. The first kappa shape index (κ1) is 20.0. The van der Waals surface area contributed by atoms with Crippen molar-refractivity contribution < 1.29 is 28.7 Å². The number of imide groups is 1. The maximum Gasteiger partial charge on any atom is 0.262 e. The van der Waals surface area contributed by atoms with Crippen molar-refractivity contribution in [1.82, 2.24) is 15.1 Å². The van der Waals surface area contributed by atoms with Gasteiger partial charge in [0.1, 0.15) is 6.54 Å². The van der Waals surface area contributed by atoms with Crippen molar-refractivity contribution in [1.29, 1.82) is 0 Å². The third-order valence-corrected chi connectivity index (χ3v) is 5.99. The van der Waals surface area contributed by atoms with Gasteiger partial charge in [0.2, 0.25) is 12.7 Å². The topological polar surface area (TPSA) is 105 Å². The second-order valence-corrected chi connectivity index (χ2v) is 7.94. The molecule has 32 heavy (non-hydrogen) atoms. The largest absolute Gasteiger partial charge is 0.454 e. The molecule has 9 heteroatoms. The Kier molecular flexibility index (Phi) is 5.01. The molecule has 0 atom stereocenters. The van der Waals surface area contributed by atoms with E-state index < -0.39 is 11.8 Å². The van der Waals surface area contributed by atoms with Gasteiger partial charge in [-0.05, 0) is 43.2 Å². The summed E-state index contributed by atoms with van der Waals surface area (Å²) in [4.78, 5) is 52.9. The lowest BCUT2D eigenvalue weighted by Gasteiger charge is -2.33. The number of nitrogens with zero attached hydrogens (tertiary/aromatic N) is 2. The number of rotatable bonds is 4. The third-order valence-electron chi connectivity index (χ3n) is 5.99. The van der Waals surface area contributed by atoms with Crippen LogP contribution in [-0.4, -0.2) is 65.9 Å². The molecule has 9 nitrogen and oxygen atoms in total. The Morgan fingerprint density at radius 2 is 1.59 bits per heavy atom. The number of carbonyl (C=O) groups excluding carboxylic acids is 4. The zero-order chi connectivity index (χ0) is 22.2. The van der Waals surface area contributed by atoms with E-state index in [2.05, 4.69) is 5.32 Å². The minimum absolute atomic E-state index is 0.0729. The normalized spacial score (nSPS) is 17.5. The van der Waals surface area contributed by atoms with Crippen LogP contribution in [0, 0.1) is 0 Å². The molecule has 1 fully saturated rings. The van der Waals surface area contributed by atoms with Crippen LogP contribution >= 0.6 is 0 Å². The molecule has 5 rings (SSSR count). The van der Waals surface area contributed by atoms with Crippen LogP contribution in [0.5, 0.6) is 11.5 Å². The zero-order valence-corrected chi connectivity index (χ0v) is 17.2. The molecule has 0 spiro atoms. The Morgan fingerprint density at radius 1 is 0.938 bits per heavy atom. The lowest BCUT2D eigenvalue weighted by atomic mass is 10.0. The number of hydrogen-bond donors (Lipinski definition) is 1. The van der Waals surface area contributed by atoms with Crippen molar-refractivity contribution in [2.45, 2.75) is 18.9 Å². The van der Waals surface area contributed by atoms with Crippen LogP contribution in [0.15, 0.2) is 42.5 Å². The van der Waals surface area contributed by atoms with E-state index in [9.17, 15) is 19.2 Å². The molecule has 0 aromatic heterocycles. The number of carbonyl (C=O) groups is 4. The third kappa shape index (κ3) is 3.55. The van der Waals surface area contributed by atoms with E-state index in [4.69, 9.17) is 9.47 Å². The van der Waals surface area contributed by atoms with E-state index in [1.54, 1.807) is 47.4 Å². The van der Waals surface area contributed by atoms with Crippen molar-refractivity contribution in [3.63, 3.8) is 0 Å². The van der Waals surface area contributed by atoms with Crippen LogP contribution in [-0.2, 0) is 4.79 Å². The summed E-state index contributed by atoms with van der Waals surface area (Å²) in [5.74, 6) is -0.202. The van der Waals surface area contributed by atoms with Crippen LogP contribution in [0.25, 0.3) is 0 Å². The average molecular weight is 435 g/mol. The standard InChI is InChI=1S/C23H21N3O6/c27-20(12-26-22(29)16-3-1-2-4-17(16)23(26)30)25-9-7-15(8-10-25)24-21(28)14-5-6-18-19(11-14)32-13-31-18/h1-6,11,15H,7-10,12-13H2,(H,24,28). The molecular weight excluding hydrogens is 414 g/mol. The maximum atomic E-state index is 12.7. The summed E-state index contributed by atoms with van der Waals surface area (Å²) >= 11 is 0. The quantitative estimate of drug-likeness (QED) is 0.729. The Bertz CT molecular complexity index is 1090. The first-order valence-corrected chi connectivity index (χ1v) is 10.4. The zero-order valence-electron chi connectivity index (χ0n) is 17.2. The Hall–Kier alpha value is -3.88. The molecule has 0 radical (unpaired) electrons. The highest BCUT2D eigenvalue weighted by Crippen LogP contribution is 2.32. The summed E-state index contributed by atoms with van der Waals surface area (Å²) in [6.07, 6.45) is 1.17. The molecule has 0 aliphatic carbocycles. The molecule has 4 amide bonds. The molecule has 3 aliphatic heterocycles. The monoisotopic (exact) mass is 435 g/mol. The number of amides is 4. The first-order valence-electron chi connectivity index (χ1n) is 10.4. The Labute approximate surface area is 183 Å². The van der Waals surface area contributed by atoms with Gasteiger partial charge < -0.3 is 19.7 Å². The van der Waals surface area contributed by atoms with Crippen LogP contribution in [0.3, 0.4) is 0 Å². The first-order chi connectivity index (χ1) is 15.5. The van der Waals surface area contributed by atoms with Gasteiger partial charge >= 0.3 is 0 Å². The van der Waals surface area contributed by atoms with Gasteiger partial charge in [-0.3, -0.25) is 24.1 Å². The van der Waals surface area contributed by atoms with Gasteiger partial charge in [0.15, 0.2) is 11.5 Å². The molecular formula is C23H21N3O6. The smallest absolute Gasteiger partial charge is 0.262 e. The lowest BCUT2D eigenvalue weighted by Crippen LogP contribution is -2.49. The van der Waals surface area contributed by atoms with Gasteiger partial charge in [0.25, 0.3) is 17.7 Å². The average Bonchev–Trinajstić information content (AvgIpc) is 3.38. The van der Waals surface area contributed by atoms with E-state index in [0.29, 0.717) is 54.1 Å². The second kappa shape index (κ2) is 7.99. The van der Waals surface area contributed by atoms with Crippen LogP contribution < -0.4 is 14.8 Å². The van der Waals surface area contributed by atoms with Gasteiger partial charge in [0.05, 0.1) is 11.1 Å². The van der Waals surface area contributed by atoms with Gasteiger partial charge in [0, 0.05) is 24.7 Å². The molecule has 2 aromatic carbocycles. The van der Waals surface area contributed by atoms with Crippen molar-refractivity contribution in [3.8, 4) is 11.5 Å². The molecule has 164 valence electrons. The number of benzene rings is 2. The number of likely N-dealkylation sites (tertiary alicyclic amines) is 1.